The van der Waals surface area contributed by atoms with Gasteiger partial charge in [0.2, 0.25) is 0 Å². The molecule has 2 atom stereocenters. The second-order valence-corrected chi connectivity index (χ2v) is 6.39. The molecule has 2 heteroatoms. The lowest BCUT2D eigenvalue weighted by Crippen LogP contribution is -2.46. The van der Waals surface area contributed by atoms with Gasteiger partial charge in [0.05, 0.1) is 0 Å². The van der Waals surface area contributed by atoms with E-state index in [4.69, 9.17) is 0 Å². The summed E-state index contributed by atoms with van der Waals surface area (Å²) in [6.45, 7) is 12.7. The van der Waals surface area contributed by atoms with Gasteiger partial charge in [-0.1, -0.05) is 37.3 Å². The number of benzene rings is 1. The first-order valence-corrected chi connectivity index (χ1v) is 7.02. The van der Waals surface area contributed by atoms with Crippen LogP contribution in [0.4, 0.5) is 0 Å². The van der Waals surface area contributed by atoms with Gasteiger partial charge in [-0.15, -0.1) is 0 Å². The molecule has 0 radical (unpaired) electrons. The Bertz CT molecular complexity index is 372. The number of nitrogens with one attached hydrogen (secondary N) is 1. The molecule has 2 nitrogen and oxygen atoms in total. The zero-order chi connectivity index (χ0) is 13.2. The van der Waals surface area contributed by atoms with Crippen molar-refractivity contribution in [2.75, 3.05) is 19.6 Å². The second-order valence-electron chi connectivity index (χ2n) is 6.39. The predicted octanol–water partition coefficient (Wildman–Crippen LogP) is 3.07. The lowest BCUT2D eigenvalue weighted by molar-refractivity contribution is 0.170. The topological polar surface area (TPSA) is 15.3 Å². The minimum atomic E-state index is 0.202. The Hall–Kier alpha value is -0.860. The third-order valence-corrected chi connectivity index (χ3v) is 3.90. The number of nitrogens with zero attached hydrogens (tertiary/aromatic N) is 1. The Morgan fingerprint density at radius 1 is 1.28 bits per heavy atom. The molecule has 1 aromatic carbocycles. The second kappa shape index (κ2) is 5.41. The van der Waals surface area contributed by atoms with E-state index >= 15 is 0 Å². The molecular weight excluding hydrogens is 220 g/mol. The van der Waals surface area contributed by atoms with Gasteiger partial charge in [0.1, 0.15) is 0 Å². The molecule has 1 heterocycles. The summed E-state index contributed by atoms with van der Waals surface area (Å²) in [5.74, 6) is 0.706. The van der Waals surface area contributed by atoms with Crippen LogP contribution in [0, 0.1) is 5.92 Å². The smallest absolute Gasteiger partial charge is 0.0320 e. The zero-order valence-electron chi connectivity index (χ0n) is 12.1. The molecule has 1 fully saturated rings. The summed E-state index contributed by atoms with van der Waals surface area (Å²) in [5, 5.41) is 3.67. The minimum absolute atomic E-state index is 0.202. The van der Waals surface area contributed by atoms with Crippen LogP contribution in [-0.2, 0) is 0 Å². The maximum absolute atomic E-state index is 3.67. The quantitative estimate of drug-likeness (QED) is 0.863. The standard InChI is InChI=1S/C16H26N2/c1-13-10-17-16(3,4)12-18(11-13)14(2)15-8-6-5-7-9-15/h5-9,13-14,17H,10-12H2,1-4H3. The average molecular weight is 246 g/mol. The van der Waals surface area contributed by atoms with Gasteiger partial charge in [-0.05, 0) is 38.8 Å². The van der Waals surface area contributed by atoms with Crippen molar-refractivity contribution in [1.82, 2.24) is 10.2 Å². The molecule has 0 amide bonds. The van der Waals surface area contributed by atoms with Crippen LogP contribution in [-0.4, -0.2) is 30.1 Å². The van der Waals surface area contributed by atoms with Crippen LogP contribution in [0.3, 0.4) is 0 Å². The van der Waals surface area contributed by atoms with Gasteiger partial charge in [-0.2, -0.15) is 0 Å². The average Bonchev–Trinajstić information content (AvgIpc) is 2.48. The molecular formula is C16H26N2. The van der Waals surface area contributed by atoms with E-state index < -0.39 is 0 Å². The summed E-state index contributed by atoms with van der Waals surface area (Å²) in [7, 11) is 0. The summed E-state index contributed by atoms with van der Waals surface area (Å²) < 4.78 is 0. The van der Waals surface area contributed by atoms with E-state index in [1.807, 2.05) is 0 Å². The van der Waals surface area contributed by atoms with Crippen molar-refractivity contribution in [2.24, 2.45) is 5.92 Å². The van der Waals surface area contributed by atoms with Crippen molar-refractivity contribution in [2.45, 2.75) is 39.3 Å². The minimum Gasteiger partial charge on any atom is -0.310 e. The lowest BCUT2D eigenvalue weighted by atomic mass is 10.0. The molecule has 2 rings (SSSR count). The van der Waals surface area contributed by atoms with Gasteiger partial charge in [0.15, 0.2) is 0 Å². The maximum atomic E-state index is 3.67. The molecule has 100 valence electrons. The molecule has 0 aliphatic carbocycles. The molecule has 1 aliphatic heterocycles. The SMILES string of the molecule is CC1CNC(C)(C)CN(C(C)c2ccccc2)C1. The van der Waals surface area contributed by atoms with Crippen LogP contribution >= 0.6 is 0 Å². The zero-order valence-corrected chi connectivity index (χ0v) is 12.1. The van der Waals surface area contributed by atoms with Gasteiger partial charge >= 0.3 is 0 Å². The molecule has 18 heavy (non-hydrogen) atoms. The summed E-state index contributed by atoms with van der Waals surface area (Å²) in [5.41, 5.74) is 1.62. The predicted molar refractivity (Wildman–Crippen MR) is 77.7 cm³/mol. The van der Waals surface area contributed by atoms with Gasteiger partial charge < -0.3 is 5.32 Å². The van der Waals surface area contributed by atoms with Crippen molar-refractivity contribution in [3.8, 4) is 0 Å². The van der Waals surface area contributed by atoms with Crippen LogP contribution in [0.5, 0.6) is 0 Å². The molecule has 0 spiro atoms. The Balaban J connectivity index is 2.15. The summed E-state index contributed by atoms with van der Waals surface area (Å²) in [4.78, 5) is 2.61. The van der Waals surface area contributed by atoms with Gasteiger partial charge in [0, 0.05) is 24.7 Å². The summed E-state index contributed by atoms with van der Waals surface area (Å²) in [6, 6.07) is 11.3. The van der Waals surface area contributed by atoms with Gasteiger partial charge in [-0.25, -0.2) is 0 Å². The molecule has 2 unspecified atom stereocenters. The molecule has 0 bridgehead atoms. The van der Waals surface area contributed by atoms with E-state index in [2.05, 4.69) is 68.2 Å². The van der Waals surface area contributed by atoms with Gasteiger partial charge in [-0.3, -0.25) is 4.90 Å². The first-order valence-electron chi connectivity index (χ1n) is 7.02. The monoisotopic (exact) mass is 246 g/mol. The van der Waals surface area contributed by atoms with Crippen LogP contribution in [0.25, 0.3) is 0 Å². The van der Waals surface area contributed by atoms with Crippen LogP contribution in [0.1, 0.15) is 39.3 Å². The maximum Gasteiger partial charge on any atom is 0.0320 e. The molecule has 0 saturated carbocycles. The lowest BCUT2D eigenvalue weighted by Gasteiger charge is -2.34. The van der Waals surface area contributed by atoms with E-state index in [1.165, 1.54) is 12.1 Å². The van der Waals surface area contributed by atoms with E-state index in [1.54, 1.807) is 0 Å². The van der Waals surface area contributed by atoms with E-state index in [0.29, 0.717) is 12.0 Å². The third-order valence-electron chi connectivity index (χ3n) is 3.90. The molecule has 1 aromatic rings. The highest BCUT2D eigenvalue weighted by molar-refractivity contribution is 5.18. The molecule has 1 N–H and O–H groups in total. The highest BCUT2D eigenvalue weighted by Gasteiger charge is 2.29. The van der Waals surface area contributed by atoms with E-state index in [-0.39, 0.29) is 5.54 Å². The first-order chi connectivity index (χ1) is 8.48. The molecule has 1 saturated heterocycles. The number of rotatable bonds is 2. The highest BCUT2D eigenvalue weighted by Crippen LogP contribution is 2.25. The number of hydrogen-bond acceptors (Lipinski definition) is 2. The number of hydrogen-bond donors (Lipinski definition) is 1. The highest BCUT2D eigenvalue weighted by atomic mass is 15.2. The summed E-state index contributed by atoms with van der Waals surface area (Å²) in [6.07, 6.45) is 0. The first kappa shape index (κ1) is 13.6. The van der Waals surface area contributed by atoms with Crippen molar-refractivity contribution < 1.29 is 0 Å². The van der Waals surface area contributed by atoms with Crippen LogP contribution in [0.2, 0.25) is 0 Å². The summed E-state index contributed by atoms with van der Waals surface area (Å²) >= 11 is 0. The Kier molecular flexibility index (Phi) is 4.08. The van der Waals surface area contributed by atoms with Gasteiger partial charge in [0.25, 0.3) is 0 Å². The Morgan fingerprint density at radius 3 is 2.61 bits per heavy atom. The fraction of sp³-hybridized carbons (Fsp3) is 0.625. The van der Waals surface area contributed by atoms with Crippen LogP contribution < -0.4 is 5.32 Å². The molecule has 1 aliphatic rings. The van der Waals surface area contributed by atoms with Crippen molar-refractivity contribution in [3.63, 3.8) is 0 Å². The fourth-order valence-corrected chi connectivity index (χ4v) is 2.78. The van der Waals surface area contributed by atoms with Crippen molar-refractivity contribution in [3.05, 3.63) is 35.9 Å². The largest absolute Gasteiger partial charge is 0.310 e. The van der Waals surface area contributed by atoms with E-state index in [0.717, 1.165) is 13.1 Å². The van der Waals surface area contributed by atoms with Crippen molar-refractivity contribution in [1.29, 1.82) is 0 Å². The Labute approximate surface area is 111 Å². The molecule has 0 aromatic heterocycles. The Morgan fingerprint density at radius 2 is 1.94 bits per heavy atom. The normalized spacial score (nSPS) is 26.6. The van der Waals surface area contributed by atoms with Crippen molar-refractivity contribution >= 4 is 0 Å². The fourth-order valence-electron chi connectivity index (χ4n) is 2.78. The third kappa shape index (κ3) is 3.33. The van der Waals surface area contributed by atoms with E-state index in [9.17, 15) is 0 Å². The van der Waals surface area contributed by atoms with Crippen LogP contribution in [0.15, 0.2) is 30.3 Å².